The van der Waals surface area contributed by atoms with Crippen LogP contribution in [0.2, 0.25) is 0 Å². The topological polar surface area (TPSA) is 45.0 Å². The molecule has 2 atom stereocenters. The second-order valence-corrected chi connectivity index (χ2v) is 4.38. The smallest absolute Gasteiger partial charge is 0.366 e. The van der Waals surface area contributed by atoms with Gasteiger partial charge in [0.2, 0.25) is 0 Å². The highest BCUT2D eigenvalue weighted by atomic mass is 19.4. The van der Waals surface area contributed by atoms with Gasteiger partial charge in [-0.1, -0.05) is 6.92 Å². The molecule has 0 bridgehead atoms. The van der Waals surface area contributed by atoms with Gasteiger partial charge in [-0.3, -0.25) is 5.32 Å². The molecule has 1 aliphatic carbocycles. The molecule has 1 rings (SSSR count). The van der Waals surface area contributed by atoms with Gasteiger partial charge in [0.1, 0.15) is 5.54 Å². The maximum Gasteiger partial charge on any atom is 0.414 e. The van der Waals surface area contributed by atoms with Crippen LogP contribution in [0.15, 0.2) is 0 Å². The summed E-state index contributed by atoms with van der Waals surface area (Å²) in [5.74, 6) is 0.105. The number of nitrogens with one attached hydrogen (secondary N) is 1. The van der Waals surface area contributed by atoms with Gasteiger partial charge >= 0.3 is 6.18 Å². The zero-order valence-electron chi connectivity index (χ0n) is 9.97. The van der Waals surface area contributed by atoms with Crippen molar-refractivity contribution in [3.63, 3.8) is 0 Å². The molecule has 0 aromatic rings. The van der Waals surface area contributed by atoms with Gasteiger partial charge in [-0.2, -0.15) is 18.4 Å². The van der Waals surface area contributed by atoms with E-state index in [0.29, 0.717) is 6.54 Å². The molecule has 0 amide bonds. The Balaban J connectivity index is 2.59. The Bertz CT molecular complexity index is 296. The first-order chi connectivity index (χ1) is 7.85. The first kappa shape index (κ1) is 14.3. The zero-order valence-corrected chi connectivity index (χ0v) is 9.97. The molecular weight excluding hydrogens is 233 g/mol. The van der Waals surface area contributed by atoms with Gasteiger partial charge < -0.3 is 4.74 Å². The molecule has 98 valence electrons. The molecule has 0 spiro atoms. The van der Waals surface area contributed by atoms with Crippen molar-refractivity contribution in [1.29, 1.82) is 5.26 Å². The average molecular weight is 250 g/mol. The average Bonchev–Trinajstić information content (AvgIpc) is 3.06. The predicted octanol–water partition coefficient (Wildman–Crippen LogP) is 2.24. The summed E-state index contributed by atoms with van der Waals surface area (Å²) >= 11 is 0. The van der Waals surface area contributed by atoms with Crippen LogP contribution >= 0.6 is 0 Å². The lowest BCUT2D eigenvalue weighted by Gasteiger charge is -2.29. The van der Waals surface area contributed by atoms with E-state index in [-0.39, 0.29) is 12.5 Å². The molecule has 6 heteroatoms. The Labute approximate surface area is 98.9 Å². The Morgan fingerprint density at radius 2 is 2.06 bits per heavy atom. The molecule has 1 N–H and O–H groups in total. The third kappa shape index (κ3) is 3.58. The number of hydrogen-bond acceptors (Lipinski definition) is 3. The lowest BCUT2D eigenvalue weighted by atomic mass is 9.96. The fraction of sp³-hybridized carbons (Fsp3) is 0.909. The summed E-state index contributed by atoms with van der Waals surface area (Å²) in [6.45, 7) is 3.10. The monoisotopic (exact) mass is 250 g/mol. The molecule has 1 saturated carbocycles. The van der Waals surface area contributed by atoms with Gasteiger partial charge in [0.25, 0.3) is 0 Å². The van der Waals surface area contributed by atoms with E-state index in [0.717, 1.165) is 19.8 Å². The maximum absolute atomic E-state index is 12.3. The van der Waals surface area contributed by atoms with Crippen LogP contribution in [-0.4, -0.2) is 31.0 Å². The van der Waals surface area contributed by atoms with Crippen molar-refractivity contribution in [2.45, 2.75) is 44.5 Å². The highest BCUT2D eigenvalue weighted by Crippen LogP contribution is 2.40. The molecule has 17 heavy (non-hydrogen) atoms. The summed E-state index contributed by atoms with van der Waals surface area (Å²) in [6.07, 6.45) is -4.49. The minimum absolute atomic E-state index is 0.105. The van der Waals surface area contributed by atoms with Crippen molar-refractivity contribution in [3.8, 4) is 6.07 Å². The summed E-state index contributed by atoms with van der Waals surface area (Å²) < 4.78 is 41.7. The Hall–Kier alpha value is -0.800. The fourth-order valence-electron chi connectivity index (χ4n) is 1.72. The fourth-order valence-corrected chi connectivity index (χ4v) is 1.72. The second-order valence-electron chi connectivity index (χ2n) is 4.38. The number of nitriles is 1. The molecule has 0 aliphatic heterocycles. The molecule has 2 unspecified atom stereocenters. The molecule has 0 aromatic carbocycles. The Morgan fingerprint density at radius 3 is 2.41 bits per heavy atom. The molecular formula is C11H17F3N2O. The van der Waals surface area contributed by atoms with E-state index < -0.39 is 17.8 Å². The summed E-state index contributed by atoms with van der Waals surface area (Å²) in [4.78, 5) is 0. The van der Waals surface area contributed by atoms with Gasteiger partial charge in [-0.25, -0.2) is 0 Å². The minimum Gasteiger partial charge on any atom is -0.366 e. The first-order valence-corrected chi connectivity index (χ1v) is 5.70. The number of likely N-dealkylation sites (N-methyl/N-ethyl adjacent to an activating group) is 1. The minimum atomic E-state index is -4.38. The summed E-state index contributed by atoms with van der Waals surface area (Å²) in [5, 5.41) is 12.1. The van der Waals surface area contributed by atoms with Crippen molar-refractivity contribution in [3.05, 3.63) is 0 Å². The van der Waals surface area contributed by atoms with Crippen LogP contribution in [0.1, 0.15) is 26.7 Å². The van der Waals surface area contributed by atoms with Crippen molar-refractivity contribution in [2.24, 2.45) is 5.92 Å². The highest BCUT2D eigenvalue weighted by molar-refractivity contribution is 5.15. The van der Waals surface area contributed by atoms with E-state index in [4.69, 9.17) is 10.00 Å². The van der Waals surface area contributed by atoms with Crippen molar-refractivity contribution in [1.82, 2.24) is 5.32 Å². The van der Waals surface area contributed by atoms with Gasteiger partial charge in [0, 0.05) is 0 Å². The molecule has 1 aliphatic rings. The molecule has 0 saturated heterocycles. The molecule has 0 radical (unpaired) electrons. The van der Waals surface area contributed by atoms with Gasteiger partial charge in [0.05, 0.1) is 12.7 Å². The molecule has 1 fully saturated rings. The number of alkyl halides is 3. The summed E-state index contributed by atoms with van der Waals surface area (Å²) in [7, 11) is 0. The number of nitrogens with zero attached hydrogens (tertiary/aromatic N) is 1. The molecule has 0 aromatic heterocycles. The Morgan fingerprint density at radius 1 is 1.47 bits per heavy atom. The standard InChI is InChI=1S/C11H17F3N2O/c1-3-16-10(6-15,9-4-5-9)7-17-8(2)11(12,13)14/h8-9,16H,3-5,7H2,1-2H3. The molecule has 3 nitrogen and oxygen atoms in total. The van der Waals surface area contributed by atoms with Gasteiger partial charge in [0.15, 0.2) is 6.10 Å². The maximum atomic E-state index is 12.3. The van der Waals surface area contributed by atoms with Gasteiger partial charge in [-0.05, 0) is 32.2 Å². The first-order valence-electron chi connectivity index (χ1n) is 5.70. The summed E-state index contributed by atoms with van der Waals surface area (Å²) in [5.41, 5.74) is -0.964. The quantitative estimate of drug-likeness (QED) is 0.786. The van der Waals surface area contributed by atoms with Crippen molar-refractivity contribution < 1.29 is 17.9 Å². The highest BCUT2D eigenvalue weighted by Gasteiger charge is 2.47. The lowest BCUT2D eigenvalue weighted by molar-refractivity contribution is -0.217. The van der Waals surface area contributed by atoms with E-state index in [2.05, 4.69) is 11.4 Å². The van der Waals surface area contributed by atoms with E-state index in [9.17, 15) is 13.2 Å². The van der Waals surface area contributed by atoms with Crippen molar-refractivity contribution >= 4 is 0 Å². The van der Waals surface area contributed by atoms with E-state index >= 15 is 0 Å². The van der Waals surface area contributed by atoms with Crippen LogP contribution in [0.4, 0.5) is 13.2 Å². The molecule has 0 heterocycles. The largest absolute Gasteiger partial charge is 0.414 e. The SMILES string of the molecule is CCNC(C#N)(COC(C)C(F)(F)F)C1CC1. The van der Waals surface area contributed by atoms with Crippen LogP contribution in [0, 0.1) is 17.2 Å². The predicted molar refractivity (Wildman–Crippen MR) is 56.2 cm³/mol. The second kappa shape index (κ2) is 5.23. The van der Waals surface area contributed by atoms with Crippen LogP contribution < -0.4 is 5.32 Å². The number of halogens is 3. The van der Waals surface area contributed by atoms with E-state index in [1.165, 1.54) is 0 Å². The normalized spacial score (nSPS) is 21.6. The van der Waals surface area contributed by atoms with E-state index in [1.807, 2.05) is 6.92 Å². The van der Waals surface area contributed by atoms with Crippen LogP contribution in [0.25, 0.3) is 0 Å². The third-order valence-corrected chi connectivity index (χ3v) is 2.99. The van der Waals surface area contributed by atoms with Crippen LogP contribution in [-0.2, 0) is 4.74 Å². The van der Waals surface area contributed by atoms with Crippen LogP contribution in [0.3, 0.4) is 0 Å². The number of ether oxygens (including phenoxy) is 1. The van der Waals surface area contributed by atoms with Gasteiger partial charge in [-0.15, -0.1) is 0 Å². The van der Waals surface area contributed by atoms with Crippen LogP contribution in [0.5, 0.6) is 0 Å². The lowest BCUT2D eigenvalue weighted by Crippen LogP contribution is -2.51. The van der Waals surface area contributed by atoms with E-state index in [1.54, 1.807) is 0 Å². The zero-order chi connectivity index (χ0) is 13.1. The van der Waals surface area contributed by atoms with Crippen molar-refractivity contribution in [2.75, 3.05) is 13.2 Å². The number of rotatable bonds is 6. The number of hydrogen-bond donors (Lipinski definition) is 1. The Kier molecular flexibility index (Phi) is 4.39. The summed E-state index contributed by atoms with van der Waals surface area (Å²) in [6, 6.07) is 2.08. The third-order valence-electron chi connectivity index (χ3n) is 2.99.